The molecule has 1 heterocycles. The number of hydrogen-bond donors (Lipinski definition) is 1. The van der Waals surface area contributed by atoms with Crippen molar-refractivity contribution < 1.29 is 18.6 Å². The molecule has 120 valence electrons. The number of pyridine rings is 1. The number of aliphatic hydroxyl groups excluding tert-OH is 1. The predicted octanol–water partition coefficient (Wildman–Crippen LogP) is 4.08. The van der Waals surface area contributed by atoms with E-state index in [1.807, 2.05) is 12.1 Å². The molecule has 1 N–H and O–H groups in total. The van der Waals surface area contributed by atoms with E-state index < -0.39 is 23.5 Å². The third-order valence-corrected chi connectivity index (χ3v) is 3.99. The molecule has 0 spiro atoms. The Hall–Kier alpha value is -0.890. The molecule has 0 bridgehead atoms. The van der Waals surface area contributed by atoms with Gasteiger partial charge in [0.2, 0.25) is 0 Å². The van der Waals surface area contributed by atoms with Gasteiger partial charge in [0.15, 0.2) is 17.4 Å². The smallest absolute Gasteiger partial charge is 0.190 e. The third-order valence-electron chi connectivity index (χ3n) is 2.44. The summed E-state index contributed by atoms with van der Waals surface area (Å²) in [7, 11) is 0. The largest absolute Gasteiger partial charge is 0.485 e. The van der Waals surface area contributed by atoms with Crippen molar-refractivity contribution in [2.45, 2.75) is 11.1 Å². The van der Waals surface area contributed by atoms with Crippen LogP contribution in [0.1, 0.15) is 0 Å². The average Bonchev–Trinajstić information content (AvgIpc) is 2.45. The van der Waals surface area contributed by atoms with Crippen molar-refractivity contribution in [2.75, 3.05) is 12.4 Å². The highest BCUT2D eigenvalue weighted by Crippen LogP contribution is 2.26. The molecular weight excluding hydrogens is 400 g/mol. The van der Waals surface area contributed by atoms with Crippen molar-refractivity contribution in [3.63, 3.8) is 0 Å². The summed E-state index contributed by atoms with van der Waals surface area (Å²) in [5.41, 5.74) is 0. The van der Waals surface area contributed by atoms with Crippen LogP contribution < -0.4 is 4.74 Å². The van der Waals surface area contributed by atoms with Crippen LogP contribution in [0.3, 0.4) is 0 Å². The van der Waals surface area contributed by atoms with E-state index in [2.05, 4.69) is 20.9 Å². The van der Waals surface area contributed by atoms with Gasteiger partial charge in [0.25, 0.3) is 0 Å². The molecule has 22 heavy (non-hydrogen) atoms. The fraction of sp³-hybridized carbons (Fsp3) is 0.214. The van der Waals surface area contributed by atoms with E-state index in [9.17, 15) is 13.9 Å². The summed E-state index contributed by atoms with van der Waals surface area (Å²) in [5, 5.41) is 10.5. The molecule has 2 rings (SSSR count). The number of thioether (sulfide) groups is 1. The first kappa shape index (κ1) is 19.2. The highest BCUT2D eigenvalue weighted by molar-refractivity contribution is 9.10. The topological polar surface area (TPSA) is 42.4 Å². The van der Waals surface area contributed by atoms with Crippen LogP contribution in [0.2, 0.25) is 0 Å². The Bertz CT molecular complexity index is 584. The molecular formula is C14H13BrClF2NO2S. The Morgan fingerprint density at radius 1 is 1.27 bits per heavy atom. The molecule has 3 nitrogen and oxygen atoms in total. The van der Waals surface area contributed by atoms with Gasteiger partial charge in [-0.1, -0.05) is 22.0 Å². The minimum atomic E-state index is -0.862. The molecule has 8 heteroatoms. The monoisotopic (exact) mass is 411 g/mol. The molecule has 2 aromatic rings. The number of aliphatic hydroxyl groups is 1. The molecule has 1 atom stereocenters. The van der Waals surface area contributed by atoms with E-state index >= 15 is 0 Å². The van der Waals surface area contributed by atoms with E-state index in [-0.39, 0.29) is 23.5 Å². The highest BCUT2D eigenvalue weighted by atomic mass is 79.9. The summed E-state index contributed by atoms with van der Waals surface area (Å²) < 4.78 is 32.3. The zero-order valence-electron chi connectivity index (χ0n) is 11.2. The Morgan fingerprint density at radius 3 is 2.55 bits per heavy atom. The van der Waals surface area contributed by atoms with Crippen LogP contribution in [-0.4, -0.2) is 28.6 Å². The zero-order valence-corrected chi connectivity index (χ0v) is 14.4. The van der Waals surface area contributed by atoms with Crippen molar-refractivity contribution >= 4 is 40.1 Å². The first-order chi connectivity index (χ1) is 10.1. The van der Waals surface area contributed by atoms with Crippen molar-refractivity contribution in [2.24, 2.45) is 0 Å². The summed E-state index contributed by atoms with van der Waals surface area (Å²) in [4.78, 5) is 4.09. The first-order valence-electron chi connectivity index (χ1n) is 6.05. The number of hydrogen-bond acceptors (Lipinski definition) is 4. The number of benzene rings is 1. The van der Waals surface area contributed by atoms with Gasteiger partial charge in [0, 0.05) is 16.4 Å². The number of aromatic nitrogens is 1. The van der Waals surface area contributed by atoms with E-state index in [0.29, 0.717) is 5.75 Å². The second kappa shape index (κ2) is 9.29. The van der Waals surface area contributed by atoms with Crippen molar-refractivity contribution in [3.05, 3.63) is 52.6 Å². The lowest BCUT2D eigenvalue weighted by molar-refractivity contribution is 0.120. The van der Waals surface area contributed by atoms with Gasteiger partial charge >= 0.3 is 0 Å². The van der Waals surface area contributed by atoms with Gasteiger partial charge in [-0.05, 0) is 24.3 Å². The van der Waals surface area contributed by atoms with Crippen LogP contribution in [0.25, 0.3) is 0 Å². The quantitative estimate of drug-likeness (QED) is 0.726. The maximum absolute atomic E-state index is 13.5. The van der Waals surface area contributed by atoms with Gasteiger partial charge in [-0.15, -0.1) is 24.2 Å². The lowest BCUT2D eigenvalue weighted by Crippen LogP contribution is -2.21. The van der Waals surface area contributed by atoms with Crippen LogP contribution in [0.5, 0.6) is 5.75 Å². The molecule has 0 amide bonds. The van der Waals surface area contributed by atoms with Gasteiger partial charge in [-0.25, -0.2) is 13.8 Å². The van der Waals surface area contributed by atoms with Gasteiger partial charge in [0.05, 0.1) is 11.1 Å². The first-order valence-corrected chi connectivity index (χ1v) is 7.83. The fourth-order valence-corrected chi connectivity index (χ4v) is 2.68. The molecule has 0 radical (unpaired) electrons. The van der Waals surface area contributed by atoms with Crippen LogP contribution in [0, 0.1) is 11.6 Å². The van der Waals surface area contributed by atoms with Crippen molar-refractivity contribution in [3.8, 4) is 5.75 Å². The molecule has 0 aliphatic rings. The highest BCUT2D eigenvalue weighted by Gasteiger charge is 2.14. The van der Waals surface area contributed by atoms with E-state index in [1.165, 1.54) is 11.8 Å². The van der Waals surface area contributed by atoms with Crippen LogP contribution in [0.15, 0.2) is 46.0 Å². The standard InChI is InChI=1S/C14H12BrF2NO2S.ClH/c15-9-5-11(16)14(12(17)6-9)20-7-10(19)8-21-13-3-1-2-4-18-13;/h1-6,10,19H,7-8H2;1H. The van der Waals surface area contributed by atoms with E-state index in [0.717, 1.165) is 17.2 Å². The third kappa shape index (κ3) is 5.72. The summed E-state index contributed by atoms with van der Waals surface area (Å²) in [6.45, 7) is -0.199. The molecule has 0 aliphatic heterocycles. The molecule has 1 unspecified atom stereocenters. The summed E-state index contributed by atoms with van der Waals surface area (Å²) >= 11 is 4.32. The number of ether oxygens (including phenoxy) is 1. The van der Waals surface area contributed by atoms with Gasteiger partial charge in [-0.2, -0.15) is 0 Å². The van der Waals surface area contributed by atoms with Gasteiger partial charge in [0.1, 0.15) is 6.61 Å². The maximum atomic E-state index is 13.5. The SMILES string of the molecule is Cl.OC(COc1c(F)cc(Br)cc1F)CSc1ccccn1. The molecule has 0 fully saturated rings. The number of halogens is 4. The molecule has 0 aliphatic carbocycles. The van der Waals surface area contributed by atoms with Crippen molar-refractivity contribution in [1.29, 1.82) is 0 Å². The van der Waals surface area contributed by atoms with Crippen LogP contribution >= 0.6 is 40.1 Å². The lowest BCUT2D eigenvalue weighted by atomic mass is 10.3. The van der Waals surface area contributed by atoms with E-state index in [1.54, 1.807) is 12.3 Å². The van der Waals surface area contributed by atoms with Crippen LogP contribution in [0.4, 0.5) is 8.78 Å². The minimum Gasteiger partial charge on any atom is -0.485 e. The van der Waals surface area contributed by atoms with Gasteiger partial charge < -0.3 is 9.84 Å². The molecule has 1 aromatic carbocycles. The lowest BCUT2D eigenvalue weighted by Gasteiger charge is -2.13. The summed E-state index contributed by atoms with van der Waals surface area (Å²) in [6.07, 6.45) is 0.789. The summed E-state index contributed by atoms with van der Waals surface area (Å²) in [5.74, 6) is -1.80. The average molecular weight is 413 g/mol. The molecule has 0 saturated carbocycles. The Labute approximate surface area is 145 Å². The van der Waals surface area contributed by atoms with Crippen LogP contribution in [-0.2, 0) is 0 Å². The second-order valence-electron chi connectivity index (χ2n) is 4.14. The number of nitrogens with zero attached hydrogens (tertiary/aromatic N) is 1. The zero-order chi connectivity index (χ0) is 15.2. The Morgan fingerprint density at radius 2 is 1.95 bits per heavy atom. The predicted molar refractivity (Wildman–Crippen MR) is 87.8 cm³/mol. The molecule has 0 saturated heterocycles. The summed E-state index contributed by atoms with van der Waals surface area (Å²) in [6, 6.07) is 7.65. The van der Waals surface area contributed by atoms with Crippen molar-refractivity contribution in [1.82, 2.24) is 4.98 Å². The van der Waals surface area contributed by atoms with Gasteiger partial charge in [-0.3, -0.25) is 0 Å². The normalized spacial score (nSPS) is 11.6. The second-order valence-corrected chi connectivity index (χ2v) is 6.10. The van der Waals surface area contributed by atoms with E-state index in [4.69, 9.17) is 4.74 Å². The molecule has 1 aromatic heterocycles. The minimum absolute atomic E-state index is 0. The fourth-order valence-electron chi connectivity index (χ4n) is 1.51. The number of rotatable bonds is 6. The maximum Gasteiger partial charge on any atom is 0.190 e. The Kier molecular flexibility index (Phi) is 8.09. The Balaban J connectivity index is 0.00000242.